The predicted molar refractivity (Wildman–Crippen MR) is 145 cm³/mol. The summed E-state index contributed by atoms with van der Waals surface area (Å²) in [6, 6.07) is 23.6. The molecule has 5 rings (SSSR count). The van der Waals surface area contributed by atoms with E-state index in [4.69, 9.17) is 4.74 Å². The highest BCUT2D eigenvalue weighted by Crippen LogP contribution is 2.35. The maximum Gasteiger partial charge on any atom is 0.294 e. The number of fused-ring (bicyclic) bond motifs is 1. The number of ether oxygens (including phenoxy) is 1. The molecule has 0 atom stereocenters. The number of anilines is 1. The number of benzene rings is 3. The number of hydrogen-bond donors (Lipinski definition) is 1. The molecule has 2 aliphatic heterocycles. The molecule has 2 amide bonds. The third-order valence-electron chi connectivity index (χ3n) is 6.79. The first-order valence-electron chi connectivity index (χ1n) is 12.9. The first-order chi connectivity index (χ1) is 18.6. The van der Waals surface area contributed by atoms with Crippen molar-refractivity contribution in [1.29, 1.82) is 0 Å². The van der Waals surface area contributed by atoms with Crippen molar-refractivity contribution in [3.63, 3.8) is 0 Å². The fraction of sp³-hybridized carbons (Fsp3) is 0.267. The van der Waals surface area contributed by atoms with E-state index in [1.165, 1.54) is 22.6 Å². The molecule has 3 aromatic rings. The van der Waals surface area contributed by atoms with Crippen molar-refractivity contribution in [1.82, 2.24) is 15.1 Å². The van der Waals surface area contributed by atoms with Crippen molar-refractivity contribution in [2.45, 2.75) is 6.54 Å². The molecule has 7 nitrogen and oxygen atoms in total. The average molecular weight is 515 g/mol. The monoisotopic (exact) mass is 514 g/mol. The number of hydrogen-bond acceptors (Lipinski definition) is 5. The number of amides is 2. The Morgan fingerprint density at radius 3 is 2.37 bits per heavy atom. The van der Waals surface area contributed by atoms with Crippen molar-refractivity contribution < 1.29 is 18.7 Å². The molecule has 2 aliphatic rings. The van der Waals surface area contributed by atoms with E-state index in [-0.39, 0.29) is 23.8 Å². The molecule has 8 heteroatoms. The number of nitrogens with zero attached hydrogens (tertiary/aromatic N) is 3. The molecule has 1 fully saturated rings. The minimum atomic E-state index is -0.489. The van der Waals surface area contributed by atoms with Crippen LogP contribution in [0.4, 0.5) is 10.1 Å². The van der Waals surface area contributed by atoms with Crippen LogP contribution in [0, 0.1) is 5.82 Å². The van der Waals surface area contributed by atoms with E-state index in [1.54, 1.807) is 42.5 Å². The van der Waals surface area contributed by atoms with Crippen LogP contribution >= 0.6 is 0 Å². The molecule has 0 unspecified atom stereocenters. The zero-order valence-electron chi connectivity index (χ0n) is 21.2. The van der Waals surface area contributed by atoms with Gasteiger partial charge in [0.05, 0.1) is 5.69 Å². The topological polar surface area (TPSA) is 65.1 Å². The van der Waals surface area contributed by atoms with E-state index < -0.39 is 11.7 Å². The van der Waals surface area contributed by atoms with Gasteiger partial charge in [-0.15, -0.1) is 0 Å². The Hall–Kier alpha value is -4.01. The number of nitrogens with one attached hydrogen (secondary N) is 1. The summed E-state index contributed by atoms with van der Waals surface area (Å²) in [7, 11) is 0. The Bertz CT molecular complexity index is 1310. The van der Waals surface area contributed by atoms with Crippen LogP contribution in [0.3, 0.4) is 0 Å². The molecule has 1 N–H and O–H groups in total. The van der Waals surface area contributed by atoms with Gasteiger partial charge < -0.3 is 10.1 Å². The average Bonchev–Trinajstić information content (AvgIpc) is 2.94. The number of piperazine rings is 1. The maximum absolute atomic E-state index is 14.2. The lowest BCUT2D eigenvalue weighted by Gasteiger charge is -2.34. The van der Waals surface area contributed by atoms with Gasteiger partial charge in [0.1, 0.15) is 12.4 Å². The van der Waals surface area contributed by atoms with Crippen LogP contribution in [0.5, 0.6) is 5.75 Å². The normalized spacial score (nSPS) is 17.2. The van der Waals surface area contributed by atoms with Gasteiger partial charge in [0.15, 0.2) is 11.5 Å². The molecule has 2 heterocycles. The van der Waals surface area contributed by atoms with Crippen LogP contribution in [-0.4, -0.2) is 67.4 Å². The van der Waals surface area contributed by atoms with Crippen LogP contribution in [-0.2, 0) is 16.1 Å². The second kappa shape index (κ2) is 12.0. The summed E-state index contributed by atoms with van der Waals surface area (Å²) in [5.41, 5.74) is 2.07. The van der Waals surface area contributed by atoms with Gasteiger partial charge in [-0.1, -0.05) is 60.7 Å². The van der Waals surface area contributed by atoms with Crippen LogP contribution in [0.15, 0.2) is 84.6 Å². The summed E-state index contributed by atoms with van der Waals surface area (Å²) in [6.45, 7) is 5.90. The zero-order valence-corrected chi connectivity index (χ0v) is 21.2. The predicted octanol–water partition coefficient (Wildman–Crippen LogP) is 3.53. The van der Waals surface area contributed by atoms with E-state index in [2.05, 4.69) is 39.4 Å². The molecular formula is C30H31FN4O3. The van der Waals surface area contributed by atoms with Gasteiger partial charge in [-0.2, -0.15) is 0 Å². The maximum atomic E-state index is 14.2. The highest BCUT2D eigenvalue weighted by atomic mass is 19.1. The van der Waals surface area contributed by atoms with Gasteiger partial charge in [-0.25, -0.2) is 4.39 Å². The highest BCUT2D eigenvalue weighted by Gasteiger charge is 2.31. The van der Waals surface area contributed by atoms with Gasteiger partial charge in [0, 0.05) is 51.4 Å². The lowest BCUT2D eigenvalue weighted by Crippen LogP contribution is -2.49. The fourth-order valence-electron chi connectivity index (χ4n) is 4.72. The third kappa shape index (κ3) is 6.27. The minimum absolute atomic E-state index is 0.0324. The minimum Gasteiger partial charge on any atom is -0.449 e. The Morgan fingerprint density at radius 1 is 0.895 bits per heavy atom. The second-order valence-electron chi connectivity index (χ2n) is 9.44. The molecule has 0 radical (unpaired) electrons. The standard InChI is InChI=1S/C30H31FN4O3/c31-25-11-5-4-10-24(25)20-28-30(37)35(26-12-6-7-13-27(26)38-28)22-29(36)32-14-15-33-16-18-34(19-17-33)21-23-8-2-1-3-9-23/h1-13,20H,14-19,21-22H2,(H,32,36). The molecule has 196 valence electrons. The van der Waals surface area contributed by atoms with Gasteiger partial charge >= 0.3 is 0 Å². The number of halogens is 1. The summed E-state index contributed by atoms with van der Waals surface area (Å²) in [4.78, 5) is 32.2. The molecule has 0 spiro atoms. The van der Waals surface area contributed by atoms with Crippen LogP contribution in [0.25, 0.3) is 6.08 Å². The second-order valence-corrected chi connectivity index (χ2v) is 9.44. The van der Waals surface area contributed by atoms with Crippen LogP contribution < -0.4 is 15.0 Å². The molecule has 0 aliphatic carbocycles. The SMILES string of the molecule is O=C(CN1C(=O)C(=Cc2ccccc2F)Oc2ccccc21)NCCN1CCN(Cc2ccccc2)CC1. The summed E-state index contributed by atoms with van der Waals surface area (Å²) in [5.74, 6) is -0.800. The van der Waals surface area contributed by atoms with E-state index >= 15 is 0 Å². The lowest BCUT2D eigenvalue weighted by atomic mass is 10.1. The van der Waals surface area contributed by atoms with Crippen molar-refractivity contribution >= 4 is 23.6 Å². The molecule has 0 aromatic heterocycles. The number of carbonyl (C=O) groups is 2. The van der Waals surface area contributed by atoms with Crippen molar-refractivity contribution in [2.75, 3.05) is 50.7 Å². The summed E-state index contributed by atoms with van der Waals surface area (Å²) in [6.07, 6.45) is 1.37. The third-order valence-corrected chi connectivity index (χ3v) is 6.79. The van der Waals surface area contributed by atoms with E-state index in [0.717, 1.165) is 39.3 Å². The van der Waals surface area contributed by atoms with E-state index in [9.17, 15) is 14.0 Å². The first-order valence-corrected chi connectivity index (χ1v) is 12.9. The Morgan fingerprint density at radius 2 is 1.58 bits per heavy atom. The number of rotatable bonds is 8. The Labute approximate surface area is 222 Å². The molecule has 0 saturated carbocycles. The smallest absolute Gasteiger partial charge is 0.294 e. The first kappa shape index (κ1) is 25.6. The van der Waals surface area contributed by atoms with Crippen LogP contribution in [0.1, 0.15) is 11.1 Å². The Balaban J connectivity index is 1.14. The lowest BCUT2D eigenvalue weighted by molar-refractivity contribution is -0.123. The summed E-state index contributed by atoms with van der Waals surface area (Å²) in [5, 5.41) is 2.94. The summed E-state index contributed by atoms with van der Waals surface area (Å²) < 4.78 is 20.0. The van der Waals surface area contributed by atoms with Crippen molar-refractivity contribution in [2.24, 2.45) is 0 Å². The van der Waals surface area contributed by atoms with Gasteiger partial charge in [0.2, 0.25) is 5.91 Å². The van der Waals surface area contributed by atoms with Gasteiger partial charge in [-0.3, -0.25) is 24.3 Å². The molecular weight excluding hydrogens is 483 g/mol. The van der Waals surface area contributed by atoms with Crippen molar-refractivity contribution in [3.05, 3.63) is 102 Å². The molecule has 1 saturated heterocycles. The van der Waals surface area contributed by atoms with Gasteiger partial charge in [-0.05, 0) is 29.8 Å². The molecule has 3 aromatic carbocycles. The quantitative estimate of drug-likeness (QED) is 0.466. The fourth-order valence-corrected chi connectivity index (χ4v) is 4.72. The molecule has 0 bridgehead atoms. The summed E-state index contributed by atoms with van der Waals surface area (Å²) >= 11 is 0. The molecule has 38 heavy (non-hydrogen) atoms. The number of carbonyl (C=O) groups excluding carboxylic acids is 2. The van der Waals surface area contributed by atoms with Crippen molar-refractivity contribution in [3.8, 4) is 5.75 Å². The largest absolute Gasteiger partial charge is 0.449 e. The number of para-hydroxylation sites is 2. The van der Waals surface area contributed by atoms with E-state index in [1.807, 2.05) is 6.07 Å². The Kier molecular flexibility index (Phi) is 8.11. The van der Waals surface area contributed by atoms with Crippen LogP contribution in [0.2, 0.25) is 0 Å². The zero-order chi connectivity index (χ0) is 26.3. The van der Waals surface area contributed by atoms with E-state index in [0.29, 0.717) is 18.0 Å². The van der Waals surface area contributed by atoms with Gasteiger partial charge in [0.25, 0.3) is 5.91 Å². The highest BCUT2D eigenvalue weighted by molar-refractivity contribution is 6.12.